The fourth-order valence-corrected chi connectivity index (χ4v) is 1.56. The molecule has 0 aliphatic carbocycles. The summed E-state index contributed by atoms with van der Waals surface area (Å²) in [5.41, 5.74) is 5.76. The Bertz CT molecular complexity index is 199. The van der Waals surface area contributed by atoms with Crippen molar-refractivity contribution >= 4 is 6.09 Å². The average molecular weight is 214 g/mol. The van der Waals surface area contributed by atoms with Crippen LogP contribution in [-0.2, 0) is 4.74 Å². The fourth-order valence-electron chi connectivity index (χ4n) is 1.56. The standard InChI is InChI=1S/C11H22N2O2/c1-9(2)5-8-15-11(14)13-6-3-10(12)4-7-13/h9-10H,3-8,12H2,1-2H3. The molecule has 1 aliphatic rings. The zero-order chi connectivity index (χ0) is 11.3. The molecule has 0 radical (unpaired) electrons. The topological polar surface area (TPSA) is 55.6 Å². The van der Waals surface area contributed by atoms with Gasteiger partial charge in [-0.25, -0.2) is 4.79 Å². The highest BCUT2D eigenvalue weighted by Crippen LogP contribution is 2.10. The summed E-state index contributed by atoms with van der Waals surface area (Å²) in [6.45, 7) is 6.24. The minimum atomic E-state index is -0.178. The lowest BCUT2D eigenvalue weighted by Crippen LogP contribution is -2.43. The van der Waals surface area contributed by atoms with Crippen molar-refractivity contribution < 1.29 is 9.53 Å². The number of piperidine rings is 1. The number of hydrogen-bond acceptors (Lipinski definition) is 3. The number of carbonyl (C=O) groups excluding carboxylic acids is 1. The third kappa shape index (κ3) is 4.51. The van der Waals surface area contributed by atoms with Crippen LogP contribution in [0.2, 0.25) is 0 Å². The van der Waals surface area contributed by atoms with Gasteiger partial charge in [0.15, 0.2) is 0 Å². The first kappa shape index (κ1) is 12.3. The summed E-state index contributed by atoms with van der Waals surface area (Å²) in [7, 11) is 0. The zero-order valence-electron chi connectivity index (χ0n) is 9.74. The van der Waals surface area contributed by atoms with E-state index in [1.807, 2.05) is 0 Å². The molecular formula is C11H22N2O2. The molecule has 0 saturated carbocycles. The van der Waals surface area contributed by atoms with Crippen molar-refractivity contribution in [2.24, 2.45) is 11.7 Å². The van der Waals surface area contributed by atoms with Crippen molar-refractivity contribution in [2.75, 3.05) is 19.7 Å². The Balaban J connectivity index is 2.17. The quantitative estimate of drug-likeness (QED) is 0.776. The van der Waals surface area contributed by atoms with Crippen LogP contribution < -0.4 is 5.73 Å². The van der Waals surface area contributed by atoms with E-state index in [1.54, 1.807) is 4.90 Å². The van der Waals surface area contributed by atoms with Crippen LogP contribution in [0, 0.1) is 5.92 Å². The Morgan fingerprint density at radius 2 is 2.07 bits per heavy atom. The van der Waals surface area contributed by atoms with E-state index >= 15 is 0 Å². The second-order valence-electron chi connectivity index (χ2n) is 4.62. The predicted molar refractivity (Wildman–Crippen MR) is 59.6 cm³/mol. The SMILES string of the molecule is CC(C)CCOC(=O)N1CCC(N)CC1. The Morgan fingerprint density at radius 3 is 2.60 bits per heavy atom. The highest BCUT2D eigenvalue weighted by atomic mass is 16.6. The second kappa shape index (κ2) is 5.95. The Labute approximate surface area is 91.8 Å². The zero-order valence-corrected chi connectivity index (χ0v) is 9.74. The monoisotopic (exact) mass is 214 g/mol. The smallest absolute Gasteiger partial charge is 0.409 e. The number of ether oxygens (including phenoxy) is 1. The van der Waals surface area contributed by atoms with Gasteiger partial charge in [-0.1, -0.05) is 13.8 Å². The molecule has 2 N–H and O–H groups in total. The molecule has 0 unspecified atom stereocenters. The first-order valence-electron chi connectivity index (χ1n) is 5.77. The maximum absolute atomic E-state index is 11.5. The lowest BCUT2D eigenvalue weighted by atomic mass is 10.1. The highest BCUT2D eigenvalue weighted by molar-refractivity contribution is 5.67. The van der Waals surface area contributed by atoms with Crippen molar-refractivity contribution in [3.05, 3.63) is 0 Å². The van der Waals surface area contributed by atoms with Crippen LogP contribution in [-0.4, -0.2) is 36.7 Å². The molecule has 1 amide bonds. The number of likely N-dealkylation sites (tertiary alicyclic amines) is 1. The van der Waals surface area contributed by atoms with Gasteiger partial charge in [-0.15, -0.1) is 0 Å². The molecular weight excluding hydrogens is 192 g/mol. The van der Waals surface area contributed by atoms with E-state index in [0.717, 1.165) is 32.4 Å². The van der Waals surface area contributed by atoms with Crippen molar-refractivity contribution in [1.82, 2.24) is 4.90 Å². The van der Waals surface area contributed by atoms with Gasteiger partial charge in [0.1, 0.15) is 0 Å². The van der Waals surface area contributed by atoms with Crippen LogP contribution in [0.3, 0.4) is 0 Å². The van der Waals surface area contributed by atoms with Gasteiger partial charge in [0.2, 0.25) is 0 Å². The molecule has 0 aromatic carbocycles. The van der Waals surface area contributed by atoms with E-state index < -0.39 is 0 Å². The van der Waals surface area contributed by atoms with Crippen LogP contribution in [0.25, 0.3) is 0 Å². The molecule has 88 valence electrons. The second-order valence-corrected chi connectivity index (χ2v) is 4.62. The minimum Gasteiger partial charge on any atom is -0.449 e. The van der Waals surface area contributed by atoms with Crippen molar-refractivity contribution in [3.63, 3.8) is 0 Å². The molecule has 1 aliphatic heterocycles. The number of carbonyl (C=O) groups is 1. The number of rotatable bonds is 3. The molecule has 0 aromatic heterocycles. The summed E-state index contributed by atoms with van der Waals surface area (Å²) in [5.74, 6) is 0.576. The summed E-state index contributed by atoms with van der Waals surface area (Å²) in [4.78, 5) is 13.3. The van der Waals surface area contributed by atoms with Crippen LogP contribution in [0.15, 0.2) is 0 Å². The summed E-state index contributed by atoms with van der Waals surface area (Å²) in [5, 5.41) is 0. The minimum absolute atomic E-state index is 0.178. The van der Waals surface area contributed by atoms with Crippen molar-refractivity contribution in [1.29, 1.82) is 0 Å². The molecule has 15 heavy (non-hydrogen) atoms. The van der Waals surface area contributed by atoms with Gasteiger partial charge in [-0.3, -0.25) is 0 Å². The van der Waals surface area contributed by atoms with Crippen LogP contribution in [0.1, 0.15) is 33.1 Å². The first-order valence-corrected chi connectivity index (χ1v) is 5.77. The van der Waals surface area contributed by atoms with E-state index in [1.165, 1.54) is 0 Å². The maximum Gasteiger partial charge on any atom is 0.409 e. The molecule has 1 rings (SSSR count). The fraction of sp³-hybridized carbons (Fsp3) is 0.909. The highest BCUT2D eigenvalue weighted by Gasteiger charge is 2.21. The van der Waals surface area contributed by atoms with Crippen LogP contribution in [0.4, 0.5) is 4.79 Å². The van der Waals surface area contributed by atoms with Gasteiger partial charge in [0.05, 0.1) is 6.61 Å². The summed E-state index contributed by atoms with van der Waals surface area (Å²) in [6, 6.07) is 0.254. The largest absolute Gasteiger partial charge is 0.449 e. The normalized spacial score (nSPS) is 18.3. The third-order valence-electron chi connectivity index (χ3n) is 2.72. The van der Waals surface area contributed by atoms with E-state index in [4.69, 9.17) is 10.5 Å². The van der Waals surface area contributed by atoms with Gasteiger partial charge in [-0.2, -0.15) is 0 Å². The predicted octanol–water partition coefficient (Wildman–Crippen LogP) is 1.59. The Kier molecular flexibility index (Phi) is 4.88. The lowest BCUT2D eigenvalue weighted by Gasteiger charge is -2.29. The molecule has 1 heterocycles. The first-order chi connectivity index (χ1) is 7.09. The maximum atomic E-state index is 11.5. The summed E-state index contributed by atoms with van der Waals surface area (Å²) in [6.07, 6.45) is 2.53. The Morgan fingerprint density at radius 1 is 1.47 bits per heavy atom. The van der Waals surface area contributed by atoms with E-state index in [9.17, 15) is 4.79 Å². The number of hydrogen-bond donors (Lipinski definition) is 1. The number of nitrogens with two attached hydrogens (primary N) is 1. The van der Waals surface area contributed by atoms with E-state index in [0.29, 0.717) is 12.5 Å². The van der Waals surface area contributed by atoms with E-state index in [-0.39, 0.29) is 12.1 Å². The van der Waals surface area contributed by atoms with Gasteiger partial charge < -0.3 is 15.4 Å². The lowest BCUT2D eigenvalue weighted by molar-refractivity contribution is 0.0893. The van der Waals surface area contributed by atoms with Crippen LogP contribution >= 0.6 is 0 Å². The van der Waals surface area contributed by atoms with Gasteiger partial charge in [-0.05, 0) is 25.2 Å². The summed E-state index contributed by atoms with van der Waals surface area (Å²) >= 11 is 0. The molecule has 0 aromatic rings. The van der Waals surface area contributed by atoms with Gasteiger partial charge >= 0.3 is 6.09 Å². The molecule has 0 atom stereocenters. The molecule has 4 heteroatoms. The third-order valence-corrected chi connectivity index (χ3v) is 2.72. The Hall–Kier alpha value is -0.770. The molecule has 1 saturated heterocycles. The van der Waals surface area contributed by atoms with Crippen molar-refractivity contribution in [3.8, 4) is 0 Å². The molecule has 0 spiro atoms. The van der Waals surface area contributed by atoms with Crippen molar-refractivity contribution in [2.45, 2.75) is 39.2 Å². The molecule has 4 nitrogen and oxygen atoms in total. The van der Waals surface area contributed by atoms with Crippen LogP contribution in [0.5, 0.6) is 0 Å². The summed E-state index contributed by atoms with van der Waals surface area (Å²) < 4.78 is 5.17. The average Bonchev–Trinajstić information content (AvgIpc) is 2.18. The molecule has 0 bridgehead atoms. The van der Waals surface area contributed by atoms with Gasteiger partial charge in [0.25, 0.3) is 0 Å². The van der Waals surface area contributed by atoms with E-state index in [2.05, 4.69) is 13.8 Å². The number of amides is 1. The van der Waals surface area contributed by atoms with Gasteiger partial charge in [0, 0.05) is 19.1 Å². The molecule has 1 fully saturated rings. The number of nitrogens with zero attached hydrogens (tertiary/aromatic N) is 1.